The average Bonchev–Trinajstić information content (AvgIpc) is 3.05. The first-order valence-corrected chi connectivity index (χ1v) is 8.77. The fraction of sp³-hybridized carbons (Fsp3) is 0.444. The number of carbonyl (C=O) groups excluding carboxylic acids is 3. The van der Waals surface area contributed by atoms with E-state index in [0.717, 1.165) is 49.1 Å². The maximum atomic E-state index is 12.0. The lowest BCUT2D eigenvalue weighted by molar-refractivity contribution is -0.119. The number of hydrogen-bond acceptors (Lipinski definition) is 4. The van der Waals surface area contributed by atoms with E-state index in [1.807, 2.05) is 25.3 Å². The van der Waals surface area contributed by atoms with Gasteiger partial charge in [0.05, 0.1) is 11.4 Å². The number of likely N-dealkylation sites (tertiary alicyclic amines) is 1. The summed E-state index contributed by atoms with van der Waals surface area (Å²) in [4.78, 5) is 39.6. The third kappa shape index (κ3) is 3.84. The zero-order valence-electron chi connectivity index (χ0n) is 14.8. The second kappa shape index (κ2) is 7.99. The Morgan fingerprint density at radius 1 is 1.35 bits per heavy atom. The molecule has 8 heteroatoms. The van der Waals surface area contributed by atoms with Crippen molar-refractivity contribution >= 4 is 35.4 Å². The number of carbonyl (C=O) groups is 3. The van der Waals surface area contributed by atoms with E-state index in [1.165, 1.54) is 0 Å². The molecule has 2 N–H and O–H groups in total. The molecule has 26 heavy (non-hydrogen) atoms. The number of piperidine rings is 1. The van der Waals surface area contributed by atoms with Gasteiger partial charge in [-0.15, -0.1) is 0 Å². The van der Waals surface area contributed by atoms with E-state index in [4.69, 9.17) is 4.98 Å². The van der Waals surface area contributed by atoms with Crippen LogP contribution >= 0.6 is 0 Å². The second-order valence-electron chi connectivity index (χ2n) is 6.50. The number of fused-ring (bicyclic) bond motifs is 1. The van der Waals surface area contributed by atoms with Crippen LogP contribution in [0.3, 0.4) is 0 Å². The molecule has 0 saturated carbocycles. The maximum absolute atomic E-state index is 12.0. The lowest BCUT2D eigenvalue weighted by atomic mass is 10.1. The van der Waals surface area contributed by atoms with Gasteiger partial charge in [-0.3, -0.25) is 14.4 Å². The minimum absolute atomic E-state index is 0.163. The Kier molecular flexibility index (Phi) is 5.50. The molecule has 3 heterocycles. The number of nitrogens with one attached hydrogen (secondary N) is 2. The van der Waals surface area contributed by atoms with Gasteiger partial charge < -0.3 is 20.1 Å². The van der Waals surface area contributed by atoms with Gasteiger partial charge in [0.15, 0.2) is 0 Å². The number of pyridine rings is 1. The molecule has 0 radical (unpaired) electrons. The molecule has 1 aliphatic rings. The predicted molar refractivity (Wildman–Crippen MR) is 97.7 cm³/mol. The molecule has 0 aromatic carbocycles. The molecule has 138 valence electrons. The molecule has 0 aliphatic carbocycles. The topological polar surface area (TPSA) is 96.3 Å². The number of aromatic nitrogens is 2. The Labute approximate surface area is 151 Å². The van der Waals surface area contributed by atoms with E-state index in [0.29, 0.717) is 24.7 Å². The number of hydrogen-bond donors (Lipinski definition) is 2. The number of aryl methyl sites for hydroxylation is 1. The molecule has 1 fully saturated rings. The summed E-state index contributed by atoms with van der Waals surface area (Å²) in [6.07, 6.45) is 5.54. The van der Waals surface area contributed by atoms with Crippen molar-refractivity contribution in [3.05, 3.63) is 24.0 Å². The summed E-state index contributed by atoms with van der Waals surface area (Å²) in [6, 6.07) is 4.25. The SMILES string of the molecule is Cc1nc2c(ccn2C2CCN(C=O)CC2)cc1NC(=O)CCNC=O. The summed E-state index contributed by atoms with van der Waals surface area (Å²) in [6.45, 7) is 3.69. The minimum Gasteiger partial charge on any atom is -0.358 e. The molecule has 8 nitrogen and oxygen atoms in total. The summed E-state index contributed by atoms with van der Waals surface area (Å²) in [5.41, 5.74) is 2.33. The lowest BCUT2D eigenvalue weighted by Crippen LogP contribution is -2.33. The van der Waals surface area contributed by atoms with Crippen LogP contribution in [0.25, 0.3) is 11.0 Å². The van der Waals surface area contributed by atoms with Crippen molar-refractivity contribution in [1.29, 1.82) is 0 Å². The predicted octanol–water partition coefficient (Wildman–Crippen LogP) is 1.21. The fourth-order valence-electron chi connectivity index (χ4n) is 3.32. The van der Waals surface area contributed by atoms with Crippen molar-refractivity contribution in [3.63, 3.8) is 0 Å². The molecule has 0 bridgehead atoms. The highest BCUT2D eigenvalue weighted by atomic mass is 16.2. The van der Waals surface area contributed by atoms with E-state index < -0.39 is 0 Å². The van der Waals surface area contributed by atoms with Crippen LogP contribution in [0.15, 0.2) is 18.3 Å². The smallest absolute Gasteiger partial charge is 0.226 e. The summed E-state index contributed by atoms with van der Waals surface area (Å²) in [5, 5.41) is 6.29. The second-order valence-corrected chi connectivity index (χ2v) is 6.50. The summed E-state index contributed by atoms with van der Waals surface area (Å²) >= 11 is 0. The Bertz CT molecular complexity index is 809. The van der Waals surface area contributed by atoms with Crippen LogP contribution in [0.1, 0.15) is 31.0 Å². The Balaban J connectivity index is 1.75. The maximum Gasteiger partial charge on any atom is 0.226 e. The van der Waals surface area contributed by atoms with Crippen LogP contribution in [0, 0.1) is 6.92 Å². The molecule has 1 saturated heterocycles. The van der Waals surface area contributed by atoms with Gasteiger partial charge in [-0.1, -0.05) is 0 Å². The number of rotatable bonds is 7. The van der Waals surface area contributed by atoms with Gasteiger partial charge in [0, 0.05) is 43.7 Å². The van der Waals surface area contributed by atoms with Crippen LogP contribution in [0.5, 0.6) is 0 Å². The van der Waals surface area contributed by atoms with Crippen LogP contribution < -0.4 is 10.6 Å². The molecular formula is C18H23N5O3. The number of amides is 3. The largest absolute Gasteiger partial charge is 0.358 e. The Hall–Kier alpha value is -2.90. The third-order valence-corrected chi connectivity index (χ3v) is 4.78. The van der Waals surface area contributed by atoms with Gasteiger partial charge in [0.25, 0.3) is 0 Å². The van der Waals surface area contributed by atoms with Crippen molar-refractivity contribution in [1.82, 2.24) is 19.8 Å². The van der Waals surface area contributed by atoms with Crippen LogP contribution in [-0.2, 0) is 14.4 Å². The quantitative estimate of drug-likeness (QED) is 0.575. The third-order valence-electron chi connectivity index (χ3n) is 4.78. The highest BCUT2D eigenvalue weighted by Gasteiger charge is 2.21. The molecule has 3 rings (SSSR count). The first-order chi connectivity index (χ1) is 12.6. The highest BCUT2D eigenvalue weighted by molar-refractivity contribution is 5.94. The molecule has 2 aromatic rings. The summed E-state index contributed by atoms with van der Waals surface area (Å²) < 4.78 is 2.17. The van der Waals surface area contributed by atoms with Crippen LogP contribution in [-0.4, -0.2) is 52.8 Å². The zero-order chi connectivity index (χ0) is 18.5. The van der Waals surface area contributed by atoms with E-state index in [1.54, 1.807) is 4.90 Å². The standard InChI is InChI=1S/C18H23N5O3/c1-13-16(21-17(26)2-6-19-11-24)10-14-3-9-23(18(14)20-13)15-4-7-22(12-25)8-5-15/h3,9-12,15H,2,4-8H2,1H3,(H,19,24)(H,21,26). The molecule has 2 aromatic heterocycles. The van der Waals surface area contributed by atoms with Gasteiger partial charge in [0.2, 0.25) is 18.7 Å². The van der Waals surface area contributed by atoms with Gasteiger partial charge in [-0.25, -0.2) is 4.98 Å². The molecule has 1 aliphatic heterocycles. The number of nitrogens with zero attached hydrogens (tertiary/aromatic N) is 3. The van der Waals surface area contributed by atoms with E-state index in [9.17, 15) is 14.4 Å². The molecular weight excluding hydrogens is 334 g/mol. The van der Waals surface area contributed by atoms with Gasteiger partial charge in [-0.2, -0.15) is 0 Å². The molecule has 0 atom stereocenters. The fourth-order valence-corrected chi connectivity index (χ4v) is 3.32. The highest BCUT2D eigenvalue weighted by Crippen LogP contribution is 2.28. The van der Waals surface area contributed by atoms with Gasteiger partial charge in [0.1, 0.15) is 5.65 Å². The summed E-state index contributed by atoms with van der Waals surface area (Å²) in [5.74, 6) is -0.163. The molecule has 0 spiro atoms. The average molecular weight is 357 g/mol. The molecule has 0 unspecified atom stereocenters. The zero-order valence-corrected chi connectivity index (χ0v) is 14.8. The molecule has 3 amide bonds. The van der Waals surface area contributed by atoms with Gasteiger partial charge >= 0.3 is 0 Å². The van der Waals surface area contributed by atoms with Crippen molar-refractivity contribution in [2.75, 3.05) is 25.0 Å². The normalized spacial score (nSPS) is 15.0. The Morgan fingerprint density at radius 2 is 2.12 bits per heavy atom. The number of anilines is 1. The first kappa shape index (κ1) is 17.9. The van der Waals surface area contributed by atoms with Crippen molar-refractivity contribution in [2.24, 2.45) is 0 Å². The van der Waals surface area contributed by atoms with Crippen molar-refractivity contribution in [3.8, 4) is 0 Å². The lowest BCUT2D eigenvalue weighted by Gasteiger charge is -2.30. The van der Waals surface area contributed by atoms with Crippen LogP contribution in [0.2, 0.25) is 0 Å². The van der Waals surface area contributed by atoms with E-state index >= 15 is 0 Å². The van der Waals surface area contributed by atoms with E-state index in [2.05, 4.69) is 15.2 Å². The Morgan fingerprint density at radius 3 is 2.81 bits per heavy atom. The van der Waals surface area contributed by atoms with E-state index in [-0.39, 0.29) is 12.3 Å². The summed E-state index contributed by atoms with van der Waals surface area (Å²) in [7, 11) is 0. The first-order valence-electron chi connectivity index (χ1n) is 8.77. The van der Waals surface area contributed by atoms with Crippen molar-refractivity contribution in [2.45, 2.75) is 32.2 Å². The van der Waals surface area contributed by atoms with Crippen molar-refractivity contribution < 1.29 is 14.4 Å². The van der Waals surface area contributed by atoms with Crippen LogP contribution in [0.4, 0.5) is 5.69 Å². The monoisotopic (exact) mass is 357 g/mol. The minimum atomic E-state index is -0.163. The van der Waals surface area contributed by atoms with Gasteiger partial charge in [-0.05, 0) is 31.9 Å².